The topological polar surface area (TPSA) is 40.5 Å². The number of rotatable bonds is 2. The Balaban J connectivity index is 2.14. The number of carbonyl (C=O) groups is 1. The summed E-state index contributed by atoms with van der Waals surface area (Å²) in [4.78, 5) is 13.6. The van der Waals surface area contributed by atoms with Gasteiger partial charge >= 0.3 is 5.97 Å². The minimum absolute atomic E-state index is 0.497. The minimum Gasteiger partial charge on any atom is -0.480 e. The van der Waals surface area contributed by atoms with E-state index in [1.165, 1.54) is 5.75 Å². The summed E-state index contributed by atoms with van der Waals surface area (Å²) in [5, 5.41) is 9.38. The number of carboxylic acids is 1. The van der Waals surface area contributed by atoms with Crippen LogP contribution in [0.25, 0.3) is 0 Å². The largest absolute Gasteiger partial charge is 0.480 e. The average molecular weight is 229 g/mol. The van der Waals surface area contributed by atoms with Crippen LogP contribution in [0.5, 0.6) is 0 Å². The molecule has 0 bridgehead atoms. The Morgan fingerprint density at radius 2 is 2.33 bits per heavy atom. The first kappa shape index (κ1) is 11.3. The van der Waals surface area contributed by atoms with E-state index in [0.717, 1.165) is 38.0 Å². The summed E-state index contributed by atoms with van der Waals surface area (Å²) in [5.41, 5.74) is -0.603. The second kappa shape index (κ2) is 4.34. The van der Waals surface area contributed by atoms with Gasteiger partial charge in [0.15, 0.2) is 0 Å². The number of carboxylic acid groups (broad SMARTS) is 1. The van der Waals surface area contributed by atoms with Crippen molar-refractivity contribution >= 4 is 17.7 Å². The van der Waals surface area contributed by atoms with Gasteiger partial charge in [0.05, 0.1) is 0 Å². The highest BCUT2D eigenvalue weighted by Gasteiger charge is 2.44. The number of aliphatic carboxylic acids is 1. The summed E-state index contributed by atoms with van der Waals surface area (Å²) in [7, 11) is 0. The van der Waals surface area contributed by atoms with E-state index in [9.17, 15) is 9.90 Å². The molecule has 0 aromatic heterocycles. The molecule has 2 heterocycles. The van der Waals surface area contributed by atoms with Gasteiger partial charge in [-0.2, -0.15) is 11.8 Å². The van der Waals surface area contributed by atoms with Crippen molar-refractivity contribution in [1.82, 2.24) is 4.90 Å². The third kappa shape index (κ3) is 2.02. The molecule has 2 fully saturated rings. The van der Waals surface area contributed by atoms with Crippen LogP contribution in [-0.2, 0) is 4.79 Å². The molecule has 0 amide bonds. The van der Waals surface area contributed by atoms with Gasteiger partial charge in [0, 0.05) is 11.8 Å². The highest BCUT2D eigenvalue weighted by Crippen LogP contribution is 2.34. The van der Waals surface area contributed by atoms with Crippen LogP contribution in [0.2, 0.25) is 0 Å². The molecule has 2 unspecified atom stereocenters. The molecule has 2 atom stereocenters. The highest BCUT2D eigenvalue weighted by atomic mass is 32.2. The van der Waals surface area contributed by atoms with Crippen molar-refractivity contribution in [3.05, 3.63) is 0 Å². The van der Waals surface area contributed by atoms with E-state index < -0.39 is 11.5 Å². The maximum atomic E-state index is 11.4. The van der Waals surface area contributed by atoms with Gasteiger partial charge in [0.1, 0.15) is 5.54 Å². The molecule has 0 aliphatic carbocycles. The molecule has 86 valence electrons. The first-order chi connectivity index (χ1) is 7.14. The third-order valence-corrected chi connectivity index (χ3v) is 4.90. The number of piperidine rings is 1. The van der Waals surface area contributed by atoms with Crippen molar-refractivity contribution in [2.24, 2.45) is 0 Å². The maximum absolute atomic E-state index is 11.4. The Kier molecular flexibility index (Phi) is 3.26. The molecular weight excluding hydrogens is 210 g/mol. The number of thioether (sulfide) groups is 1. The van der Waals surface area contributed by atoms with Gasteiger partial charge in [-0.3, -0.25) is 9.69 Å². The fourth-order valence-electron chi connectivity index (χ4n) is 2.72. The van der Waals surface area contributed by atoms with Crippen LogP contribution >= 0.6 is 11.8 Å². The molecule has 2 aliphatic heterocycles. The molecule has 0 spiro atoms. The summed E-state index contributed by atoms with van der Waals surface area (Å²) in [5.74, 6) is 1.67. The zero-order valence-electron chi connectivity index (χ0n) is 9.24. The number of nitrogens with zero attached hydrogens (tertiary/aromatic N) is 1. The van der Waals surface area contributed by atoms with Gasteiger partial charge in [-0.05, 0) is 44.9 Å². The molecule has 3 nitrogen and oxygen atoms in total. The van der Waals surface area contributed by atoms with Crippen molar-refractivity contribution in [3.8, 4) is 0 Å². The van der Waals surface area contributed by atoms with E-state index in [4.69, 9.17) is 0 Å². The summed E-state index contributed by atoms with van der Waals surface area (Å²) < 4.78 is 0. The minimum atomic E-state index is -0.640. The van der Waals surface area contributed by atoms with E-state index in [-0.39, 0.29) is 0 Å². The van der Waals surface area contributed by atoms with E-state index in [0.29, 0.717) is 6.04 Å². The highest BCUT2D eigenvalue weighted by molar-refractivity contribution is 7.99. The van der Waals surface area contributed by atoms with Crippen molar-refractivity contribution in [1.29, 1.82) is 0 Å². The summed E-state index contributed by atoms with van der Waals surface area (Å²) in [6, 6.07) is 0.497. The average Bonchev–Trinajstić information content (AvgIpc) is 2.71. The lowest BCUT2D eigenvalue weighted by molar-refractivity contribution is -0.154. The van der Waals surface area contributed by atoms with Crippen LogP contribution in [0.4, 0.5) is 0 Å². The predicted octanol–water partition coefficient (Wildman–Crippen LogP) is 1.82. The van der Waals surface area contributed by atoms with Gasteiger partial charge in [-0.15, -0.1) is 0 Å². The lowest BCUT2D eigenvalue weighted by Crippen LogP contribution is -2.59. The van der Waals surface area contributed by atoms with Crippen LogP contribution < -0.4 is 0 Å². The van der Waals surface area contributed by atoms with Crippen LogP contribution in [0.3, 0.4) is 0 Å². The van der Waals surface area contributed by atoms with Gasteiger partial charge in [-0.25, -0.2) is 0 Å². The normalized spacial score (nSPS) is 38.1. The predicted molar refractivity (Wildman–Crippen MR) is 62.3 cm³/mol. The molecule has 4 heteroatoms. The standard InChI is InChI=1S/C11H19NO2S/c1-11(10(13)14)5-2-3-6-12(11)9-4-7-15-8-9/h9H,2-8H2,1H3,(H,13,14). The van der Waals surface area contributed by atoms with Crippen LogP contribution in [0.1, 0.15) is 32.6 Å². The zero-order chi connectivity index (χ0) is 10.9. The lowest BCUT2D eigenvalue weighted by atomic mass is 9.87. The molecule has 2 saturated heterocycles. The summed E-state index contributed by atoms with van der Waals surface area (Å²) in [6.07, 6.45) is 4.18. The summed E-state index contributed by atoms with van der Waals surface area (Å²) >= 11 is 1.95. The Morgan fingerprint density at radius 3 is 2.93 bits per heavy atom. The first-order valence-electron chi connectivity index (χ1n) is 5.72. The lowest BCUT2D eigenvalue weighted by Gasteiger charge is -2.45. The van der Waals surface area contributed by atoms with Crippen LogP contribution in [-0.4, -0.2) is 45.6 Å². The smallest absolute Gasteiger partial charge is 0.323 e. The quantitative estimate of drug-likeness (QED) is 0.784. The van der Waals surface area contributed by atoms with Gasteiger partial charge in [0.2, 0.25) is 0 Å². The van der Waals surface area contributed by atoms with Crippen molar-refractivity contribution in [3.63, 3.8) is 0 Å². The molecule has 1 N–H and O–H groups in total. The zero-order valence-corrected chi connectivity index (χ0v) is 10.1. The molecule has 2 aliphatic rings. The SMILES string of the molecule is CC1(C(=O)O)CCCCN1C1CCSC1. The van der Waals surface area contributed by atoms with E-state index >= 15 is 0 Å². The number of hydrogen-bond donors (Lipinski definition) is 1. The van der Waals surface area contributed by atoms with E-state index in [2.05, 4.69) is 4.90 Å². The second-order valence-electron chi connectivity index (χ2n) is 4.75. The van der Waals surface area contributed by atoms with Crippen molar-refractivity contribution < 1.29 is 9.90 Å². The Morgan fingerprint density at radius 1 is 1.53 bits per heavy atom. The first-order valence-corrected chi connectivity index (χ1v) is 6.88. The van der Waals surface area contributed by atoms with Crippen molar-refractivity contribution in [2.45, 2.75) is 44.2 Å². The van der Waals surface area contributed by atoms with Crippen molar-refractivity contribution in [2.75, 3.05) is 18.1 Å². The number of hydrogen-bond acceptors (Lipinski definition) is 3. The molecule has 0 saturated carbocycles. The Bertz CT molecular complexity index is 253. The maximum Gasteiger partial charge on any atom is 0.323 e. The number of likely N-dealkylation sites (tertiary alicyclic amines) is 1. The molecule has 15 heavy (non-hydrogen) atoms. The molecule has 0 radical (unpaired) electrons. The molecule has 0 aromatic rings. The Hall–Kier alpha value is -0.220. The van der Waals surface area contributed by atoms with Crippen LogP contribution in [0.15, 0.2) is 0 Å². The van der Waals surface area contributed by atoms with Gasteiger partial charge in [-0.1, -0.05) is 0 Å². The van der Waals surface area contributed by atoms with E-state index in [1.807, 2.05) is 18.7 Å². The van der Waals surface area contributed by atoms with Gasteiger partial charge in [0.25, 0.3) is 0 Å². The monoisotopic (exact) mass is 229 g/mol. The summed E-state index contributed by atoms with van der Waals surface area (Å²) in [6.45, 7) is 2.87. The second-order valence-corrected chi connectivity index (χ2v) is 5.90. The Labute approximate surface area is 95.2 Å². The van der Waals surface area contributed by atoms with E-state index in [1.54, 1.807) is 0 Å². The molecule has 2 rings (SSSR count). The fraction of sp³-hybridized carbons (Fsp3) is 0.909. The van der Waals surface area contributed by atoms with Gasteiger partial charge < -0.3 is 5.11 Å². The molecule has 0 aromatic carbocycles. The molecular formula is C11H19NO2S. The third-order valence-electron chi connectivity index (χ3n) is 3.75. The fourth-order valence-corrected chi connectivity index (χ4v) is 3.95. The van der Waals surface area contributed by atoms with Crippen LogP contribution in [0, 0.1) is 0 Å².